The highest BCUT2D eigenvalue weighted by Crippen LogP contribution is 2.60. The number of furan rings is 1. The van der Waals surface area contributed by atoms with E-state index in [1.54, 1.807) is 13.8 Å². The van der Waals surface area contributed by atoms with Gasteiger partial charge in [-0.05, 0) is 45.1 Å². The third kappa shape index (κ3) is 3.61. The Balaban J connectivity index is 2.10. The maximum Gasteiger partial charge on any atom is 0.330 e. The molecule has 164 valence electrons. The summed E-state index contributed by atoms with van der Waals surface area (Å²) in [6.07, 6.45) is 3.07. The monoisotopic (exact) mass is 416 g/mol. The van der Waals surface area contributed by atoms with E-state index < -0.39 is 29.5 Å². The maximum absolute atomic E-state index is 13.6. The second kappa shape index (κ2) is 8.05. The van der Waals surface area contributed by atoms with Gasteiger partial charge in [0.15, 0.2) is 5.76 Å². The van der Waals surface area contributed by atoms with Crippen LogP contribution in [0, 0.1) is 30.1 Å². The molecule has 0 unspecified atom stereocenters. The van der Waals surface area contributed by atoms with Gasteiger partial charge in [-0.25, -0.2) is 4.79 Å². The third-order valence-electron chi connectivity index (χ3n) is 6.72. The van der Waals surface area contributed by atoms with Crippen molar-refractivity contribution in [2.24, 2.45) is 23.2 Å². The number of ether oxygens (including phenoxy) is 2. The number of ketones is 1. The van der Waals surface area contributed by atoms with Gasteiger partial charge in [-0.15, -0.1) is 0 Å². The van der Waals surface area contributed by atoms with Crippen molar-refractivity contribution in [3.8, 4) is 0 Å². The maximum atomic E-state index is 13.6. The van der Waals surface area contributed by atoms with Gasteiger partial charge in [-0.2, -0.15) is 0 Å². The molecule has 1 aromatic rings. The Bertz CT molecular complexity index is 888. The molecular weight excluding hydrogens is 384 g/mol. The van der Waals surface area contributed by atoms with Gasteiger partial charge in [0.25, 0.3) is 0 Å². The average Bonchev–Trinajstić information content (AvgIpc) is 3.02. The predicted octanol–water partition coefficient (Wildman–Crippen LogP) is 4.96. The van der Waals surface area contributed by atoms with Crippen LogP contribution < -0.4 is 0 Å². The van der Waals surface area contributed by atoms with Gasteiger partial charge in [0.1, 0.15) is 12.2 Å². The highest BCUT2D eigenvalue weighted by atomic mass is 16.6. The molecular formula is C24H32O6. The molecule has 0 aliphatic heterocycles. The van der Waals surface area contributed by atoms with Crippen LogP contribution in [-0.4, -0.2) is 23.8 Å². The Morgan fingerprint density at radius 1 is 1.23 bits per heavy atom. The van der Waals surface area contributed by atoms with Crippen molar-refractivity contribution in [1.82, 2.24) is 0 Å². The Hall–Kier alpha value is -2.37. The molecule has 0 saturated heterocycles. The Kier molecular flexibility index (Phi) is 5.99. The van der Waals surface area contributed by atoms with E-state index in [9.17, 15) is 14.4 Å². The highest BCUT2D eigenvalue weighted by molar-refractivity contribution is 6.00. The summed E-state index contributed by atoms with van der Waals surface area (Å²) in [5, 5.41) is 0. The molecule has 30 heavy (non-hydrogen) atoms. The van der Waals surface area contributed by atoms with Crippen molar-refractivity contribution in [2.45, 2.75) is 73.5 Å². The zero-order valence-electron chi connectivity index (χ0n) is 18.9. The number of esters is 2. The van der Waals surface area contributed by atoms with Gasteiger partial charge in [0, 0.05) is 17.1 Å². The summed E-state index contributed by atoms with van der Waals surface area (Å²) in [4.78, 5) is 38.5. The molecule has 0 spiro atoms. The first-order valence-electron chi connectivity index (χ1n) is 10.7. The van der Waals surface area contributed by atoms with Crippen LogP contribution in [0.1, 0.15) is 82.2 Å². The molecule has 6 nitrogen and oxygen atoms in total. The number of hydrogen-bond acceptors (Lipinski definition) is 6. The summed E-state index contributed by atoms with van der Waals surface area (Å²) < 4.78 is 17.4. The number of fused-ring (bicyclic) bond motifs is 2. The number of carbonyl (C=O) groups excluding carboxylic acids is 3. The molecule has 1 fully saturated rings. The zero-order valence-corrected chi connectivity index (χ0v) is 18.9. The lowest BCUT2D eigenvalue weighted by atomic mass is 9.53. The minimum atomic E-state index is -0.711. The second-order valence-electron chi connectivity index (χ2n) is 9.52. The molecule has 3 rings (SSSR count). The van der Waals surface area contributed by atoms with Crippen LogP contribution in [0.5, 0.6) is 0 Å². The van der Waals surface area contributed by atoms with Crippen LogP contribution >= 0.6 is 0 Å². The topological polar surface area (TPSA) is 82.8 Å². The minimum absolute atomic E-state index is 0.0808. The fraction of sp³-hybridized carbons (Fsp3) is 0.625. The van der Waals surface area contributed by atoms with Gasteiger partial charge < -0.3 is 13.9 Å². The van der Waals surface area contributed by atoms with E-state index in [-0.39, 0.29) is 29.3 Å². The van der Waals surface area contributed by atoms with Crippen molar-refractivity contribution < 1.29 is 28.3 Å². The molecule has 6 heteroatoms. The number of aryl methyl sites for hydroxylation is 1. The molecule has 1 heterocycles. The smallest absolute Gasteiger partial charge is 0.330 e. The summed E-state index contributed by atoms with van der Waals surface area (Å²) in [5.41, 5.74) is 1.55. The first-order chi connectivity index (χ1) is 14.0. The van der Waals surface area contributed by atoms with Crippen LogP contribution in [0.25, 0.3) is 0 Å². The molecule has 2 aliphatic carbocycles. The first-order valence-corrected chi connectivity index (χ1v) is 10.7. The van der Waals surface area contributed by atoms with E-state index in [4.69, 9.17) is 13.9 Å². The second-order valence-corrected chi connectivity index (χ2v) is 9.52. The van der Waals surface area contributed by atoms with Crippen molar-refractivity contribution in [3.05, 3.63) is 34.8 Å². The number of rotatable bonds is 4. The lowest BCUT2D eigenvalue weighted by Crippen LogP contribution is -2.56. The van der Waals surface area contributed by atoms with E-state index in [0.29, 0.717) is 12.0 Å². The first kappa shape index (κ1) is 22.3. The molecule has 0 bridgehead atoms. The van der Waals surface area contributed by atoms with Gasteiger partial charge in [0.2, 0.25) is 5.78 Å². The van der Waals surface area contributed by atoms with E-state index >= 15 is 0 Å². The number of carbonyl (C=O) groups is 3. The zero-order chi connectivity index (χ0) is 22.4. The van der Waals surface area contributed by atoms with E-state index in [1.165, 1.54) is 12.3 Å². The minimum Gasteiger partial charge on any atom is -0.460 e. The number of Topliss-reactive ketones (excluding diaryl/α,β-unsaturated/α-hetero) is 1. The molecule has 0 amide bonds. The summed E-state index contributed by atoms with van der Waals surface area (Å²) in [7, 11) is 0. The molecule has 0 N–H and O–H groups in total. The van der Waals surface area contributed by atoms with Crippen LogP contribution in [0.3, 0.4) is 0 Å². The summed E-state index contributed by atoms with van der Waals surface area (Å²) in [6, 6.07) is 0. The summed E-state index contributed by atoms with van der Waals surface area (Å²) in [5.74, 6) is -1.60. The summed E-state index contributed by atoms with van der Waals surface area (Å²) >= 11 is 0. The highest BCUT2D eigenvalue weighted by Gasteiger charge is 2.62. The molecule has 0 aromatic carbocycles. The van der Waals surface area contributed by atoms with Gasteiger partial charge in [-0.3, -0.25) is 9.59 Å². The fourth-order valence-corrected chi connectivity index (χ4v) is 4.88. The molecule has 1 saturated carbocycles. The van der Waals surface area contributed by atoms with Crippen LogP contribution in [0.4, 0.5) is 0 Å². The lowest BCUT2D eigenvalue weighted by Gasteiger charge is -2.53. The quantitative estimate of drug-likeness (QED) is 0.510. The number of allylic oxidation sites excluding steroid dienone is 1. The standard InChI is InChI=1S/C24H32O6/c1-12(2)10-17(25)29-16-9-8-15(6)24(7)19(16)20(26)21-18(14(5)11-28-21)22(24)30-23(27)13(3)4/h10-11,13,15-16,19,22H,8-9H2,1-7H3/t15-,16-,19-,22+,24+/m0/s1. The van der Waals surface area contributed by atoms with Crippen LogP contribution in [-0.2, 0) is 19.1 Å². The van der Waals surface area contributed by atoms with Crippen molar-refractivity contribution in [1.29, 1.82) is 0 Å². The van der Waals surface area contributed by atoms with Crippen LogP contribution in [0.15, 0.2) is 22.3 Å². The van der Waals surface area contributed by atoms with Gasteiger partial charge in [-0.1, -0.05) is 33.3 Å². The van der Waals surface area contributed by atoms with E-state index in [0.717, 1.165) is 17.6 Å². The predicted molar refractivity (Wildman–Crippen MR) is 111 cm³/mol. The van der Waals surface area contributed by atoms with Crippen LogP contribution in [0.2, 0.25) is 0 Å². The van der Waals surface area contributed by atoms with Crippen molar-refractivity contribution in [2.75, 3.05) is 0 Å². The van der Waals surface area contributed by atoms with E-state index in [1.807, 2.05) is 27.7 Å². The van der Waals surface area contributed by atoms with Crippen molar-refractivity contribution >= 4 is 17.7 Å². The average molecular weight is 417 g/mol. The molecule has 1 aromatic heterocycles. The summed E-state index contributed by atoms with van der Waals surface area (Å²) in [6.45, 7) is 13.1. The SMILES string of the molecule is CC(C)=CC(=O)O[C@H]1CC[C@H](C)[C@@]2(C)[C@H](OC(=O)C(C)C)c3c(C)coc3C(=O)[C@H]12. The van der Waals surface area contributed by atoms with E-state index in [2.05, 4.69) is 6.92 Å². The Labute approximate surface area is 178 Å². The normalized spacial score (nSPS) is 30.3. The lowest BCUT2D eigenvalue weighted by molar-refractivity contribution is -0.182. The molecule has 5 atom stereocenters. The third-order valence-corrected chi connectivity index (χ3v) is 6.72. The molecule has 0 radical (unpaired) electrons. The largest absolute Gasteiger partial charge is 0.460 e. The molecule has 2 aliphatic rings. The Morgan fingerprint density at radius 2 is 1.90 bits per heavy atom. The van der Waals surface area contributed by atoms with Crippen molar-refractivity contribution in [3.63, 3.8) is 0 Å². The van der Waals surface area contributed by atoms with Gasteiger partial charge in [0.05, 0.1) is 18.1 Å². The van der Waals surface area contributed by atoms with Gasteiger partial charge >= 0.3 is 11.9 Å². The fourth-order valence-electron chi connectivity index (χ4n) is 4.88. The number of hydrogen-bond donors (Lipinski definition) is 0. The Morgan fingerprint density at radius 3 is 2.50 bits per heavy atom.